The number of anilines is 1. The van der Waals surface area contributed by atoms with Gasteiger partial charge in [0.2, 0.25) is 0 Å². The van der Waals surface area contributed by atoms with Crippen molar-refractivity contribution in [3.05, 3.63) is 65.2 Å². The van der Waals surface area contributed by atoms with Gasteiger partial charge in [-0.2, -0.15) is 0 Å². The van der Waals surface area contributed by atoms with Gasteiger partial charge in [0, 0.05) is 23.3 Å². The molecule has 106 valence electrons. The minimum Gasteiger partial charge on any atom is -0.381 e. The molecule has 0 heterocycles. The molecule has 0 aliphatic rings. The van der Waals surface area contributed by atoms with Gasteiger partial charge < -0.3 is 11.1 Å². The van der Waals surface area contributed by atoms with E-state index >= 15 is 0 Å². The molecule has 0 aliphatic carbocycles. The molecule has 2 unspecified atom stereocenters. The Morgan fingerprint density at radius 1 is 1.10 bits per heavy atom. The van der Waals surface area contributed by atoms with Crippen LogP contribution < -0.4 is 11.1 Å². The maximum atomic E-state index is 6.00. The number of hydrogen-bond acceptors (Lipinski definition) is 2. The molecule has 2 rings (SSSR count). The number of halogens is 1. The molecule has 0 amide bonds. The van der Waals surface area contributed by atoms with Crippen LogP contribution in [0.1, 0.15) is 24.8 Å². The first kappa shape index (κ1) is 14.9. The number of hydrogen-bond donors (Lipinski definition) is 2. The Kier molecular flexibility index (Phi) is 5.45. The van der Waals surface area contributed by atoms with Gasteiger partial charge in [0.1, 0.15) is 0 Å². The van der Waals surface area contributed by atoms with E-state index in [4.69, 9.17) is 17.3 Å². The molecule has 0 fully saturated rings. The molecule has 2 atom stereocenters. The van der Waals surface area contributed by atoms with Crippen molar-refractivity contribution in [1.29, 1.82) is 0 Å². The lowest BCUT2D eigenvalue weighted by molar-refractivity contribution is 0.586. The summed E-state index contributed by atoms with van der Waals surface area (Å²) in [5, 5.41) is 4.20. The first-order chi connectivity index (χ1) is 9.69. The maximum absolute atomic E-state index is 6.00. The van der Waals surface area contributed by atoms with Crippen LogP contribution in [0.2, 0.25) is 5.02 Å². The fraction of sp³-hybridized carbons (Fsp3) is 0.294. The molecule has 0 bridgehead atoms. The molecular formula is C17H21ClN2. The first-order valence-corrected chi connectivity index (χ1v) is 7.34. The monoisotopic (exact) mass is 288 g/mol. The third-order valence-corrected chi connectivity index (χ3v) is 3.72. The molecule has 0 saturated carbocycles. The van der Waals surface area contributed by atoms with E-state index in [1.807, 2.05) is 30.3 Å². The Bertz CT molecular complexity index is 528. The lowest BCUT2D eigenvalue weighted by Crippen LogP contribution is -2.30. The predicted molar refractivity (Wildman–Crippen MR) is 87.4 cm³/mol. The molecule has 2 aromatic carbocycles. The minimum atomic E-state index is 0.240. The van der Waals surface area contributed by atoms with Crippen molar-refractivity contribution >= 4 is 17.3 Å². The van der Waals surface area contributed by atoms with Crippen LogP contribution in [0.15, 0.2) is 54.6 Å². The normalized spacial score (nSPS) is 13.8. The lowest BCUT2D eigenvalue weighted by atomic mass is 9.94. The highest BCUT2D eigenvalue weighted by atomic mass is 35.5. The summed E-state index contributed by atoms with van der Waals surface area (Å²) >= 11 is 6.00. The lowest BCUT2D eigenvalue weighted by Gasteiger charge is -2.22. The Morgan fingerprint density at radius 3 is 2.50 bits per heavy atom. The van der Waals surface area contributed by atoms with Gasteiger partial charge in [0.25, 0.3) is 0 Å². The third kappa shape index (κ3) is 4.26. The van der Waals surface area contributed by atoms with Gasteiger partial charge in [-0.3, -0.25) is 0 Å². The zero-order valence-electron chi connectivity index (χ0n) is 11.7. The van der Waals surface area contributed by atoms with Crippen LogP contribution in [0.5, 0.6) is 0 Å². The zero-order chi connectivity index (χ0) is 14.4. The van der Waals surface area contributed by atoms with Crippen molar-refractivity contribution in [1.82, 2.24) is 0 Å². The average Bonchev–Trinajstić information content (AvgIpc) is 2.47. The predicted octanol–water partition coefficient (Wildman–Crippen LogP) is 4.27. The molecule has 0 saturated heterocycles. The Morgan fingerprint density at radius 2 is 1.85 bits per heavy atom. The third-order valence-electron chi connectivity index (χ3n) is 3.49. The Hall–Kier alpha value is -1.51. The quantitative estimate of drug-likeness (QED) is 0.833. The van der Waals surface area contributed by atoms with Crippen LogP contribution in [-0.2, 0) is 0 Å². The smallest absolute Gasteiger partial charge is 0.0426 e. The molecule has 3 heteroatoms. The summed E-state index contributed by atoms with van der Waals surface area (Å²) in [6, 6.07) is 18.5. The maximum Gasteiger partial charge on any atom is 0.0426 e. The molecule has 3 N–H and O–H groups in total. The summed E-state index contributed by atoms with van der Waals surface area (Å²) in [4.78, 5) is 0. The SMILES string of the molecule is CC(CC(CN)Nc1cccc(Cl)c1)c1ccccc1. The van der Waals surface area contributed by atoms with Crippen LogP contribution in [0.25, 0.3) is 0 Å². The van der Waals surface area contributed by atoms with Crippen molar-refractivity contribution in [2.45, 2.75) is 25.3 Å². The van der Waals surface area contributed by atoms with E-state index in [9.17, 15) is 0 Å². The summed E-state index contributed by atoms with van der Waals surface area (Å²) in [5.74, 6) is 0.469. The van der Waals surface area contributed by atoms with Gasteiger partial charge in [0.15, 0.2) is 0 Å². The van der Waals surface area contributed by atoms with Gasteiger partial charge >= 0.3 is 0 Å². The van der Waals surface area contributed by atoms with E-state index < -0.39 is 0 Å². The Balaban J connectivity index is 1.99. The standard InChI is InChI=1S/C17H21ClN2/c1-13(14-6-3-2-4-7-14)10-17(12-19)20-16-9-5-8-15(18)11-16/h2-9,11,13,17,20H,10,12,19H2,1H3. The van der Waals surface area contributed by atoms with Crippen molar-refractivity contribution in [2.75, 3.05) is 11.9 Å². The van der Waals surface area contributed by atoms with E-state index in [1.54, 1.807) is 0 Å². The van der Waals surface area contributed by atoms with Gasteiger partial charge in [-0.25, -0.2) is 0 Å². The largest absolute Gasteiger partial charge is 0.381 e. The second-order valence-corrected chi connectivity index (χ2v) is 5.57. The summed E-state index contributed by atoms with van der Waals surface area (Å²) in [6.07, 6.45) is 0.993. The topological polar surface area (TPSA) is 38.0 Å². The second kappa shape index (κ2) is 7.32. The van der Waals surface area contributed by atoms with Crippen LogP contribution in [0.3, 0.4) is 0 Å². The van der Waals surface area contributed by atoms with Gasteiger partial charge in [0.05, 0.1) is 0 Å². The van der Waals surface area contributed by atoms with E-state index in [2.05, 4.69) is 36.5 Å². The fourth-order valence-electron chi connectivity index (χ4n) is 2.37. The van der Waals surface area contributed by atoms with Gasteiger partial charge in [-0.1, -0.05) is 54.9 Å². The molecular weight excluding hydrogens is 268 g/mol. The van der Waals surface area contributed by atoms with E-state index in [-0.39, 0.29) is 6.04 Å². The minimum absolute atomic E-state index is 0.240. The molecule has 20 heavy (non-hydrogen) atoms. The highest BCUT2D eigenvalue weighted by Gasteiger charge is 2.13. The molecule has 0 spiro atoms. The molecule has 0 aliphatic heterocycles. The second-order valence-electron chi connectivity index (χ2n) is 5.13. The zero-order valence-corrected chi connectivity index (χ0v) is 12.5. The van der Waals surface area contributed by atoms with Gasteiger partial charge in [-0.15, -0.1) is 0 Å². The number of nitrogens with one attached hydrogen (secondary N) is 1. The van der Waals surface area contributed by atoms with Crippen molar-refractivity contribution in [2.24, 2.45) is 5.73 Å². The fourth-order valence-corrected chi connectivity index (χ4v) is 2.56. The van der Waals surface area contributed by atoms with E-state index in [0.717, 1.165) is 17.1 Å². The highest BCUT2D eigenvalue weighted by molar-refractivity contribution is 6.30. The van der Waals surface area contributed by atoms with E-state index in [0.29, 0.717) is 12.5 Å². The van der Waals surface area contributed by atoms with Crippen LogP contribution in [-0.4, -0.2) is 12.6 Å². The number of rotatable bonds is 6. The summed E-state index contributed by atoms with van der Waals surface area (Å²) in [7, 11) is 0. The first-order valence-electron chi connectivity index (χ1n) is 6.96. The van der Waals surface area contributed by atoms with Crippen molar-refractivity contribution in [3.63, 3.8) is 0 Å². The number of benzene rings is 2. The van der Waals surface area contributed by atoms with Gasteiger partial charge in [-0.05, 0) is 36.1 Å². The van der Waals surface area contributed by atoms with Crippen LogP contribution in [0.4, 0.5) is 5.69 Å². The Labute approximate surface area is 126 Å². The summed E-state index contributed by atoms with van der Waals surface area (Å²) < 4.78 is 0. The summed E-state index contributed by atoms with van der Waals surface area (Å²) in [5.41, 5.74) is 8.26. The molecule has 2 nitrogen and oxygen atoms in total. The number of nitrogens with two attached hydrogens (primary N) is 1. The molecule has 0 aromatic heterocycles. The van der Waals surface area contributed by atoms with E-state index in [1.165, 1.54) is 5.56 Å². The molecule has 2 aromatic rings. The molecule has 0 radical (unpaired) electrons. The van der Waals surface area contributed by atoms with Crippen molar-refractivity contribution in [3.8, 4) is 0 Å². The summed E-state index contributed by atoms with van der Waals surface area (Å²) in [6.45, 7) is 2.83. The van der Waals surface area contributed by atoms with Crippen molar-refractivity contribution < 1.29 is 0 Å². The van der Waals surface area contributed by atoms with Crippen LogP contribution >= 0.6 is 11.6 Å². The van der Waals surface area contributed by atoms with Crippen LogP contribution in [0, 0.1) is 0 Å². The highest BCUT2D eigenvalue weighted by Crippen LogP contribution is 2.22. The average molecular weight is 289 g/mol.